The lowest BCUT2D eigenvalue weighted by molar-refractivity contribution is 0.442. The molecule has 0 aromatic heterocycles. The molecule has 2 nitrogen and oxygen atoms in total. The maximum atomic E-state index is 13.6. The standard InChI is InChI=1S/C13H6Cl2FNO/c14-9-2-1-3-12(13(9)16)18-11-5-4-8(7-17)6-10(11)15/h1-6H. The van der Waals surface area contributed by atoms with E-state index in [1.807, 2.05) is 6.07 Å². The molecular weight excluding hydrogens is 276 g/mol. The molecule has 2 rings (SSSR count). The third-order valence-electron chi connectivity index (χ3n) is 2.20. The molecule has 0 aliphatic rings. The molecule has 90 valence electrons. The van der Waals surface area contributed by atoms with Crippen molar-refractivity contribution < 1.29 is 9.13 Å². The highest BCUT2D eigenvalue weighted by Crippen LogP contribution is 2.33. The molecular formula is C13H6Cl2FNO. The van der Waals surface area contributed by atoms with E-state index in [-0.39, 0.29) is 21.5 Å². The van der Waals surface area contributed by atoms with Crippen LogP contribution in [0.5, 0.6) is 11.5 Å². The van der Waals surface area contributed by atoms with Crippen molar-refractivity contribution in [2.45, 2.75) is 0 Å². The number of nitrogens with zero attached hydrogens (tertiary/aromatic N) is 1. The Kier molecular flexibility index (Phi) is 3.71. The molecule has 0 aliphatic carbocycles. The van der Waals surface area contributed by atoms with Crippen LogP contribution in [0.15, 0.2) is 36.4 Å². The second-order valence-electron chi connectivity index (χ2n) is 3.41. The van der Waals surface area contributed by atoms with Gasteiger partial charge in [0.25, 0.3) is 0 Å². The number of benzene rings is 2. The van der Waals surface area contributed by atoms with E-state index < -0.39 is 5.82 Å². The van der Waals surface area contributed by atoms with Gasteiger partial charge in [0.2, 0.25) is 0 Å². The summed E-state index contributed by atoms with van der Waals surface area (Å²) in [6, 6.07) is 10.8. The molecule has 0 aliphatic heterocycles. The zero-order chi connectivity index (χ0) is 13.1. The average Bonchev–Trinajstić information content (AvgIpc) is 2.37. The van der Waals surface area contributed by atoms with Crippen LogP contribution < -0.4 is 4.74 Å². The first-order valence-corrected chi connectivity index (χ1v) is 5.69. The molecule has 0 saturated carbocycles. The summed E-state index contributed by atoms with van der Waals surface area (Å²) in [6.45, 7) is 0. The van der Waals surface area contributed by atoms with Crippen LogP contribution in [0.25, 0.3) is 0 Å². The van der Waals surface area contributed by atoms with Crippen molar-refractivity contribution in [3.05, 3.63) is 57.8 Å². The molecule has 0 atom stereocenters. The van der Waals surface area contributed by atoms with Crippen LogP contribution in [0.3, 0.4) is 0 Å². The van der Waals surface area contributed by atoms with Gasteiger partial charge in [-0.25, -0.2) is 4.39 Å². The first kappa shape index (κ1) is 12.7. The Hall–Kier alpha value is -1.76. The van der Waals surface area contributed by atoms with Crippen LogP contribution in [-0.4, -0.2) is 0 Å². The molecule has 0 N–H and O–H groups in total. The summed E-state index contributed by atoms with van der Waals surface area (Å²) in [7, 11) is 0. The lowest BCUT2D eigenvalue weighted by Gasteiger charge is -2.09. The minimum Gasteiger partial charge on any atom is -0.453 e. The molecule has 2 aromatic carbocycles. The second kappa shape index (κ2) is 5.26. The van der Waals surface area contributed by atoms with Gasteiger partial charge >= 0.3 is 0 Å². The highest BCUT2D eigenvalue weighted by Gasteiger charge is 2.10. The van der Waals surface area contributed by atoms with Crippen LogP contribution in [0.4, 0.5) is 4.39 Å². The number of ether oxygens (including phenoxy) is 1. The van der Waals surface area contributed by atoms with Gasteiger partial charge < -0.3 is 4.74 Å². The Bertz CT molecular complexity index is 637. The Morgan fingerprint density at radius 3 is 2.50 bits per heavy atom. The van der Waals surface area contributed by atoms with E-state index in [1.165, 1.54) is 30.3 Å². The molecule has 0 saturated heterocycles. The SMILES string of the molecule is N#Cc1ccc(Oc2cccc(Cl)c2F)c(Cl)c1. The molecule has 0 fully saturated rings. The molecule has 2 aromatic rings. The minimum atomic E-state index is -0.653. The van der Waals surface area contributed by atoms with Gasteiger partial charge in [-0.3, -0.25) is 0 Å². The quantitative estimate of drug-likeness (QED) is 0.792. The van der Waals surface area contributed by atoms with Crippen molar-refractivity contribution in [2.24, 2.45) is 0 Å². The average molecular weight is 282 g/mol. The molecule has 0 heterocycles. The summed E-state index contributed by atoms with van der Waals surface area (Å²) in [4.78, 5) is 0. The number of hydrogen-bond acceptors (Lipinski definition) is 2. The Morgan fingerprint density at radius 2 is 1.83 bits per heavy atom. The van der Waals surface area contributed by atoms with Gasteiger partial charge in [-0.2, -0.15) is 5.26 Å². The van der Waals surface area contributed by atoms with Gasteiger partial charge in [0.15, 0.2) is 11.6 Å². The maximum Gasteiger partial charge on any atom is 0.184 e. The lowest BCUT2D eigenvalue weighted by Crippen LogP contribution is -1.90. The van der Waals surface area contributed by atoms with Crippen molar-refractivity contribution >= 4 is 23.2 Å². The van der Waals surface area contributed by atoms with E-state index in [0.29, 0.717) is 5.56 Å². The molecule has 0 radical (unpaired) electrons. The molecule has 5 heteroatoms. The van der Waals surface area contributed by atoms with Crippen molar-refractivity contribution in [1.82, 2.24) is 0 Å². The van der Waals surface area contributed by atoms with E-state index in [0.717, 1.165) is 0 Å². The lowest BCUT2D eigenvalue weighted by atomic mass is 10.2. The zero-order valence-electron chi connectivity index (χ0n) is 8.95. The van der Waals surface area contributed by atoms with Gasteiger partial charge in [-0.05, 0) is 30.3 Å². The Balaban J connectivity index is 2.35. The fraction of sp³-hybridized carbons (Fsp3) is 0. The van der Waals surface area contributed by atoms with Crippen molar-refractivity contribution in [3.8, 4) is 17.6 Å². The summed E-state index contributed by atoms with van der Waals surface area (Å²) in [5.41, 5.74) is 0.402. The van der Waals surface area contributed by atoms with Crippen LogP contribution in [0.1, 0.15) is 5.56 Å². The van der Waals surface area contributed by atoms with Gasteiger partial charge in [0.1, 0.15) is 5.75 Å². The van der Waals surface area contributed by atoms with Gasteiger partial charge in [0, 0.05) is 0 Å². The predicted molar refractivity (Wildman–Crippen MR) is 67.7 cm³/mol. The number of halogens is 3. The van der Waals surface area contributed by atoms with Gasteiger partial charge in [0.05, 0.1) is 21.7 Å². The smallest absolute Gasteiger partial charge is 0.184 e. The molecule has 18 heavy (non-hydrogen) atoms. The third kappa shape index (κ3) is 2.56. The van der Waals surface area contributed by atoms with Crippen molar-refractivity contribution in [2.75, 3.05) is 0 Å². The number of nitriles is 1. The Morgan fingerprint density at radius 1 is 1.06 bits per heavy atom. The van der Waals surface area contributed by atoms with Crippen molar-refractivity contribution in [1.29, 1.82) is 5.26 Å². The van der Waals surface area contributed by atoms with E-state index >= 15 is 0 Å². The molecule has 0 unspecified atom stereocenters. The van der Waals surface area contributed by atoms with Crippen molar-refractivity contribution in [3.63, 3.8) is 0 Å². The highest BCUT2D eigenvalue weighted by molar-refractivity contribution is 6.32. The van der Waals surface area contributed by atoms with Crippen LogP contribution in [0.2, 0.25) is 10.0 Å². The topological polar surface area (TPSA) is 33.0 Å². The molecule has 0 spiro atoms. The summed E-state index contributed by atoms with van der Waals surface area (Å²) in [5, 5.41) is 8.90. The van der Waals surface area contributed by atoms with Gasteiger partial charge in [-0.15, -0.1) is 0 Å². The predicted octanol–water partition coefficient (Wildman–Crippen LogP) is 4.80. The summed E-state index contributed by atoms with van der Waals surface area (Å²) >= 11 is 11.6. The Labute approximate surface area is 113 Å². The first-order chi connectivity index (χ1) is 8.61. The van der Waals surface area contributed by atoms with E-state index in [2.05, 4.69) is 0 Å². The summed E-state index contributed by atoms with van der Waals surface area (Å²) < 4.78 is 18.9. The van der Waals surface area contributed by atoms with E-state index in [9.17, 15) is 4.39 Å². The van der Waals surface area contributed by atoms with Gasteiger partial charge in [-0.1, -0.05) is 29.3 Å². The summed E-state index contributed by atoms with van der Waals surface area (Å²) in [5.74, 6) is -0.412. The van der Waals surface area contributed by atoms with Crippen LogP contribution in [0, 0.1) is 17.1 Å². The van der Waals surface area contributed by atoms with Crippen LogP contribution in [-0.2, 0) is 0 Å². The fourth-order valence-electron chi connectivity index (χ4n) is 1.33. The minimum absolute atomic E-state index is 0.0193. The third-order valence-corrected chi connectivity index (χ3v) is 2.78. The highest BCUT2D eigenvalue weighted by atomic mass is 35.5. The molecule has 0 bridgehead atoms. The second-order valence-corrected chi connectivity index (χ2v) is 4.23. The first-order valence-electron chi connectivity index (χ1n) is 4.93. The fourth-order valence-corrected chi connectivity index (χ4v) is 1.72. The van der Waals surface area contributed by atoms with Crippen LogP contribution >= 0.6 is 23.2 Å². The number of hydrogen-bond donors (Lipinski definition) is 0. The zero-order valence-corrected chi connectivity index (χ0v) is 10.5. The number of rotatable bonds is 2. The monoisotopic (exact) mass is 281 g/mol. The molecule has 0 amide bonds. The normalized spacial score (nSPS) is 9.89. The maximum absolute atomic E-state index is 13.6. The largest absolute Gasteiger partial charge is 0.453 e. The van der Waals surface area contributed by atoms with E-state index in [1.54, 1.807) is 6.07 Å². The summed E-state index contributed by atoms with van der Waals surface area (Å²) in [6.07, 6.45) is 0. The van der Waals surface area contributed by atoms with E-state index in [4.69, 9.17) is 33.2 Å².